The van der Waals surface area contributed by atoms with Crippen LogP contribution in [0.25, 0.3) is 21.8 Å². The van der Waals surface area contributed by atoms with E-state index in [1.807, 2.05) is 12.1 Å². The summed E-state index contributed by atoms with van der Waals surface area (Å²) in [6.07, 6.45) is 2.16. The summed E-state index contributed by atoms with van der Waals surface area (Å²) in [6.45, 7) is 4.56. The zero-order valence-corrected chi connectivity index (χ0v) is 15.4. The highest BCUT2D eigenvalue weighted by molar-refractivity contribution is 6.08. The Kier molecular flexibility index (Phi) is 4.42. The molecule has 1 heterocycles. The van der Waals surface area contributed by atoms with E-state index in [1.165, 1.54) is 27.4 Å². The van der Waals surface area contributed by atoms with Crippen LogP contribution in [0.15, 0.2) is 72.8 Å². The van der Waals surface area contributed by atoms with E-state index in [0.717, 1.165) is 12.8 Å². The fourth-order valence-electron chi connectivity index (χ4n) is 4.15. The molecule has 0 aliphatic heterocycles. The number of phenolic OH excluding ortho intramolecular Hbond substituents is 1. The first-order valence-corrected chi connectivity index (χ1v) is 9.45. The number of aromatic hydroxyl groups is 1. The van der Waals surface area contributed by atoms with Crippen molar-refractivity contribution in [1.29, 1.82) is 0 Å². The molecule has 0 saturated carbocycles. The number of benzene rings is 3. The fraction of sp³-hybridized carbons (Fsp3) is 0.250. The Labute approximate surface area is 154 Å². The number of hydrogen-bond acceptors (Lipinski definition) is 1. The molecule has 0 amide bonds. The van der Waals surface area contributed by atoms with Gasteiger partial charge in [-0.05, 0) is 48.6 Å². The van der Waals surface area contributed by atoms with Crippen molar-refractivity contribution in [1.82, 2.24) is 4.57 Å². The molecule has 0 saturated heterocycles. The number of phenols is 1. The smallest absolute Gasteiger partial charge is 0.115 e. The van der Waals surface area contributed by atoms with Gasteiger partial charge in [0.15, 0.2) is 0 Å². The van der Waals surface area contributed by atoms with Crippen LogP contribution < -0.4 is 0 Å². The lowest BCUT2D eigenvalue weighted by atomic mass is 9.92. The molecule has 0 bridgehead atoms. The van der Waals surface area contributed by atoms with Crippen molar-refractivity contribution in [3.8, 4) is 5.75 Å². The summed E-state index contributed by atoms with van der Waals surface area (Å²) in [6, 6.07) is 25.5. The minimum Gasteiger partial charge on any atom is -0.508 e. The first kappa shape index (κ1) is 16.7. The number of rotatable bonds is 5. The number of nitrogens with zero attached hydrogens (tertiary/aromatic N) is 1. The zero-order valence-electron chi connectivity index (χ0n) is 15.4. The summed E-state index contributed by atoms with van der Waals surface area (Å²) < 4.78 is 2.53. The average Bonchev–Trinajstić information content (AvgIpc) is 3.01. The van der Waals surface area contributed by atoms with Crippen LogP contribution in [0.5, 0.6) is 5.75 Å². The molecule has 2 unspecified atom stereocenters. The van der Waals surface area contributed by atoms with Gasteiger partial charge in [0.25, 0.3) is 0 Å². The number of fused-ring (bicyclic) bond motifs is 3. The van der Waals surface area contributed by atoms with Gasteiger partial charge in [0, 0.05) is 27.8 Å². The molecule has 0 radical (unpaired) electrons. The fourth-order valence-corrected chi connectivity index (χ4v) is 4.15. The van der Waals surface area contributed by atoms with Gasteiger partial charge in [-0.3, -0.25) is 0 Å². The van der Waals surface area contributed by atoms with E-state index >= 15 is 0 Å². The molecule has 3 aromatic carbocycles. The minimum absolute atomic E-state index is 0.329. The van der Waals surface area contributed by atoms with Gasteiger partial charge in [-0.25, -0.2) is 0 Å². The quantitative estimate of drug-likeness (QED) is 0.431. The topological polar surface area (TPSA) is 25.2 Å². The maximum atomic E-state index is 9.55. The van der Waals surface area contributed by atoms with Crippen molar-refractivity contribution in [2.24, 2.45) is 0 Å². The molecule has 2 nitrogen and oxygen atoms in total. The molecule has 0 spiro atoms. The lowest BCUT2D eigenvalue weighted by Gasteiger charge is -2.24. The second-order valence-corrected chi connectivity index (χ2v) is 7.19. The van der Waals surface area contributed by atoms with E-state index < -0.39 is 0 Å². The van der Waals surface area contributed by atoms with E-state index in [0.29, 0.717) is 17.7 Å². The monoisotopic (exact) mass is 343 g/mol. The van der Waals surface area contributed by atoms with Gasteiger partial charge in [-0.1, -0.05) is 62.4 Å². The van der Waals surface area contributed by atoms with Gasteiger partial charge >= 0.3 is 0 Å². The molecule has 2 atom stereocenters. The molecule has 132 valence electrons. The maximum Gasteiger partial charge on any atom is 0.115 e. The second-order valence-electron chi connectivity index (χ2n) is 7.19. The van der Waals surface area contributed by atoms with Gasteiger partial charge in [0.1, 0.15) is 5.75 Å². The molecule has 4 rings (SSSR count). The third kappa shape index (κ3) is 2.86. The summed E-state index contributed by atoms with van der Waals surface area (Å²) in [4.78, 5) is 0. The Balaban J connectivity index is 1.77. The largest absolute Gasteiger partial charge is 0.508 e. The van der Waals surface area contributed by atoms with Crippen LogP contribution in [0.4, 0.5) is 0 Å². The SMILES string of the molecule is CCC(CC(C)c1ccc(O)cc1)n1c2ccccc2c2ccccc21. The van der Waals surface area contributed by atoms with Crippen LogP contribution >= 0.6 is 0 Å². The highest BCUT2D eigenvalue weighted by Crippen LogP contribution is 2.37. The average molecular weight is 343 g/mol. The highest BCUT2D eigenvalue weighted by atomic mass is 16.3. The predicted octanol–water partition coefficient (Wildman–Crippen LogP) is 6.65. The normalized spacial score (nSPS) is 13.9. The first-order chi connectivity index (χ1) is 12.7. The van der Waals surface area contributed by atoms with Crippen molar-refractivity contribution in [2.75, 3.05) is 0 Å². The van der Waals surface area contributed by atoms with E-state index in [2.05, 4.69) is 66.9 Å². The van der Waals surface area contributed by atoms with E-state index in [4.69, 9.17) is 0 Å². The van der Waals surface area contributed by atoms with E-state index in [9.17, 15) is 5.11 Å². The maximum absolute atomic E-state index is 9.55. The second kappa shape index (κ2) is 6.87. The number of para-hydroxylation sites is 2. The molecule has 0 aliphatic carbocycles. The van der Waals surface area contributed by atoms with Gasteiger partial charge in [-0.2, -0.15) is 0 Å². The Hall–Kier alpha value is -2.74. The van der Waals surface area contributed by atoms with Crippen LogP contribution in [0, 0.1) is 0 Å². The van der Waals surface area contributed by atoms with Crippen molar-refractivity contribution in [2.45, 2.75) is 38.6 Å². The zero-order chi connectivity index (χ0) is 18.1. The van der Waals surface area contributed by atoms with Crippen molar-refractivity contribution in [3.63, 3.8) is 0 Å². The number of aromatic nitrogens is 1. The molecule has 0 fully saturated rings. The van der Waals surface area contributed by atoms with Crippen LogP contribution in [-0.2, 0) is 0 Å². The third-order valence-corrected chi connectivity index (χ3v) is 5.54. The van der Waals surface area contributed by atoms with Crippen LogP contribution in [0.3, 0.4) is 0 Å². The van der Waals surface area contributed by atoms with Crippen LogP contribution in [-0.4, -0.2) is 9.67 Å². The highest BCUT2D eigenvalue weighted by Gasteiger charge is 2.19. The third-order valence-electron chi connectivity index (χ3n) is 5.54. The molecular formula is C24H25NO. The standard InChI is InChI=1S/C24H25NO/c1-3-19(16-17(2)18-12-14-20(26)15-13-18)25-23-10-6-4-8-21(23)22-9-5-7-11-24(22)25/h4-15,17,19,26H,3,16H2,1-2H3. The van der Waals surface area contributed by atoms with Gasteiger partial charge < -0.3 is 9.67 Å². The van der Waals surface area contributed by atoms with Crippen molar-refractivity contribution >= 4 is 21.8 Å². The van der Waals surface area contributed by atoms with Crippen molar-refractivity contribution in [3.05, 3.63) is 78.4 Å². The predicted molar refractivity (Wildman–Crippen MR) is 110 cm³/mol. The van der Waals surface area contributed by atoms with Gasteiger partial charge in [-0.15, -0.1) is 0 Å². The van der Waals surface area contributed by atoms with E-state index in [1.54, 1.807) is 12.1 Å². The first-order valence-electron chi connectivity index (χ1n) is 9.45. The Morgan fingerprint density at radius 1 is 0.808 bits per heavy atom. The summed E-state index contributed by atoms with van der Waals surface area (Å²) in [5, 5.41) is 12.2. The summed E-state index contributed by atoms with van der Waals surface area (Å²) in [7, 11) is 0. The summed E-state index contributed by atoms with van der Waals surface area (Å²) >= 11 is 0. The Bertz CT molecular complexity index is 976. The lowest BCUT2D eigenvalue weighted by molar-refractivity contribution is 0.440. The van der Waals surface area contributed by atoms with Crippen LogP contribution in [0.1, 0.15) is 44.2 Å². The van der Waals surface area contributed by atoms with Crippen LogP contribution in [0.2, 0.25) is 0 Å². The van der Waals surface area contributed by atoms with E-state index in [-0.39, 0.29) is 0 Å². The molecule has 2 heteroatoms. The Morgan fingerprint density at radius 2 is 1.35 bits per heavy atom. The molecule has 0 aliphatic rings. The minimum atomic E-state index is 0.329. The summed E-state index contributed by atoms with van der Waals surface area (Å²) in [5.41, 5.74) is 3.92. The van der Waals surface area contributed by atoms with Crippen molar-refractivity contribution < 1.29 is 5.11 Å². The molecule has 1 N–H and O–H groups in total. The van der Waals surface area contributed by atoms with Gasteiger partial charge in [0.05, 0.1) is 0 Å². The molecular weight excluding hydrogens is 318 g/mol. The number of hydrogen-bond donors (Lipinski definition) is 1. The summed E-state index contributed by atoms with van der Waals surface area (Å²) in [5.74, 6) is 0.760. The molecule has 26 heavy (non-hydrogen) atoms. The Morgan fingerprint density at radius 3 is 1.88 bits per heavy atom. The van der Waals surface area contributed by atoms with Gasteiger partial charge in [0.2, 0.25) is 0 Å². The molecule has 1 aromatic heterocycles. The molecule has 4 aromatic rings. The lowest BCUT2D eigenvalue weighted by Crippen LogP contribution is -2.11.